The lowest BCUT2D eigenvalue weighted by Gasteiger charge is -2.47. The van der Waals surface area contributed by atoms with Gasteiger partial charge in [-0.3, -0.25) is 19.3 Å². The summed E-state index contributed by atoms with van der Waals surface area (Å²) in [7, 11) is 11.2. The predicted molar refractivity (Wildman–Crippen MR) is 175 cm³/mol. The molecule has 0 aromatic rings. The Morgan fingerprint density at radius 1 is 1.09 bits per heavy atom. The molecule has 3 aliphatic rings. The van der Waals surface area contributed by atoms with Crippen molar-refractivity contribution in [1.29, 1.82) is 0 Å². The topological polar surface area (TPSA) is 121 Å². The van der Waals surface area contributed by atoms with Gasteiger partial charge in [0.2, 0.25) is 5.91 Å². The quantitative estimate of drug-likeness (QED) is 0.319. The van der Waals surface area contributed by atoms with Crippen LogP contribution in [0.1, 0.15) is 60.8 Å². The molecule has 0 spiro atoms. The molecule has 266 valence electrons. The third-order valence-electron chi connectivity index (χ3n) is 10.5. The van der Waals surface area contributed by atoms with Crippen molar-refractivity contribution in [2.45, 2.75) is 103 Å². The fourth-order valence-corrected chi connectivity index (χ4v) is 7.76. The van der Waals surface area contributed by atoms with Crippen LogP contribution in [-0.4, -0.2) is 160 Å². The summed E-state index contributed by atoms with van der Waals surface area (Å²) in [5.74, 6) is -1.42. The Morgan fingerprint density at radius 2 is 1.74 bits per heavy atom. The number of hydrogen-bond acceptors (Lipinski definition) is 11. The average Bonchev–Trinajstić information content (AvgIpc) is 3.45. The highest BCUT2D eigenvalue weighted by molar-refractivity contribution is 6.04. The van der Waals surface area contributed by atoms with Crippen LogP contribution in [-0.2, 0) is 33.3 Å². The van der Waals surface area contributed by atoms with Crippen molar-refractivity contribution >= 4 is 17.7 Å². The maximum absolute atomic E-state index is 14.2. The summed E-state index contributed by atoms with van der Waals surface area (Å²) in [5.41, 5.74) is -2.42. The van der Waals surface area contributed by atoms with E-state index in [1.807, 2.05) is 63.8 Å². The second kappa shape index (κ2) is 15.7. The van der Waals surface area contributed by atoms with E-state index in [0.29, 0.717) is 39.0 Å². The number of aliphatic hydroxyl groups excluding tert-OH is 1. The van der Waals surface area contributed by atoms with Crippen LogP contribution in [0, 0.1) is 23.2 Å². The van der Waals surface area contributed by atoms with E-state index in [1.54, 1.807) is 27.9 Å². The molecule has 1 N–H and O–H groups in total. The lowest BCUT2D eigenvalue weighted by Crippen LogP contribution is -2.59. The first-order chi connectivity index (χ1) is 21.3. The molecule has 0 saturated carbocycles. The number of rotatable bonds is 7. The molecule has 46 heavy (non-hydrogen) atoms. The number of likely N-dealkylation sites (N-methyl/N-ethyl adjacent to an activating group) is 3. The van der Waals surface area contributed by atoms with Crippen LogP contribution < -0.4 is 0 Å². The third-order valence-corrected chi connectivity index (χ3v) is 10.5. The van der Waals surface area contributed by atoms with Crippen LogP contribution in [0.3, 0.4) is 0 Å². The van der Waals surface area contributed by atoms with E-state index in [0.717, 1.165) is 6.42 Å². The minimum absolute atomic E-state index is 0.0890. The lowest BCUT2D eigenvalue weighted by molar-refractivity contribution is -0.295. The molecule has 3 heterocycles. The number of ether oxygens (including phenoxy) is 4. The molecule has 3 saturated heterocycles. The van der Waals surface area contributed by atoms with E-state index in [9.17, 15) is 19.5 Å². The molecule has 0 aromatic heterocycles. The third kappa shape index (κ3) is 8.86. The van der Waals surface area contributed by atoms with Crippen molar-refractivity contribution in [3.8, 4) is 0 Å². The largest absolute Gasteiger partial charge is 0.463 e. The molecule has 3 aliphatic heterocycles. The average molecular weight is 655 g/mol. The number of likely N-dealkylation sites (tertiary alicyclic amines) is 1. The minimum Gasteiger partial charge on any atom is -0.463 e. The summed E-state index contributed by atoms with van der Waals surface area (Å²) >= 11 is 0. The van der Waals surface area contributed by atoms with Gasteiger partial charge in [-0.05, 0) is 94.0 Å². The zero-order valence-electron chi connectivity index (χ0n) is 30.4. The smallest absolute Gasteiger partial charge is 0.319 e. The zero-order valence-corrected chi connectivity index (χ0v) is 30.4. The van der Waals surface area contributed by atoms with E-state index < -0.39 is 41.4 Å². The molecule has 12 nitrogen and oxygen atoms in total. The lowest BCUT2D eigenvalue weighted by atomic mass is 9.74. The van der Waals surface area contributed by atoms with E-state index in [1.165, 1.54) is 0 Å². The highest BCUT2D eigenvalue weighted by atomic mass is 16.7. The molecule has 3 rings (SSSR count). The van der Waals surface area contributed by atoms with Crippen molar-refractivity contribution in [2.75, 3.05) is 75.1 Å². The Hall–Kier alpha value is -1.67. The van der Waals surface area contributed by atoms with Crippen LogP contribution in [0.2, 0.25) is 0 Å². The van der Waals surface area contributed by atoms with Crippen molar-refractivity contribution in [2.24, 2.45) is 23.2 Å². The molecule has 0 aromatic carbocycles. The zero-order chi connectivity index (χ0) is 34.7. The van der Waals surface area contributed by atoms with Crippen molar-refractivity contribution in [3.63, 3.8) is 0 Å². The van der Waals surface area contributed by atoms with Crippen molar-refractivity contribution in [3.05, 3.63) is 0 Å². The summed E-state index contributed by atoms with van der Waals surface area (Å²) in [6, 6.07) is -0.326. The van der Waals surface area contributed by atoms with Crippen LogP contribution in [0.15, 0.2) is 0 Å². The number of carbonyl (C=O) groups is 3. The number of aliphatic hydroxyl groups is 1. The normalized spacial score (nSPS) is 38.8. The van der Waals surface area contributed by atoms with Crippen LogP contribution in [0.5, 0.6) is 0 Å². The number of nitrogens with zero attached hydrogens (tertiary/aromatic N) is 4. The number of carbonyl (C=O) groups excluding carboxylic acids is 3. The van der Waals surface area contributed by atoms with Crippen LogP contribution in [0.4, 0.5) is 0 Å². The molecule has 0 aliphatic carbocycles. The fourth-order valence-electron chi connectivity index (χ4n) is 7.76. The van der Waals surface area contributed by atoms with Crippen molar-refractivity contribution in [1.82, 2.24) is 19.6 Å². The van der Waals surface area contributed by atoms with Gasteiger partial charge in [0.1, 0.15) is 18.1 Å². The summed E-state index contributed by atoms with van der Waals surface area (Å²) in [4.78, 5) is 48.7. The number of amides is 1. The molecular weight excluding hydrogens is 592 g/mol. The Kier molecular flexibility index (Phi) is 13.2. The monoisotopic (exact) mass is 654 g/mol. The maximum atomic E-state index is 14.2. The minimum atomic E-state index is -1.46. The SMILES string of the molecule is CO[C@]1(C)C[C@@H](C)CN(C)[C@H](C2CCN(C(=O)CN(C)C)C2)COC(=O)C(C)(C)C(=O)[C@H](C)[C@H]1O[C@@H]1O[C@H](C)C[C@H](N(C)C)[C@H]1O. The summed E-state index contributed by atoms with van der Waals surface area (Å²) < 4.78 is 24.9. The molecule has 10 atom stereocenters. The van der Waals surface area contributed by atoms with E-state index in [-0.39, 0.29) is 48.3 Å². The maximum Gasteiger partial charge on any atom is 0.319 e. The number of methoxy groups -OCH3 is 1. The van der Waals surface area contributed by atoms with Gasteiger partial charge >= 0.3 is 5.97 Å². The van der Waals surface area contributed by atoms with Gasteiger partial charge in [-0.25, -0.2) is 0 Å². The number of hydrogen-bond donors (Lipinski definition) is 1. The van der Waals surface area contributed by atoms with E-state index >= 15 is 0 Å². The fraction of sp³-hybridized carbons (Fsp3) is 0.912. The van der Waals surface area contributed by atoms with Gasteiger partial charge in [0, 0.05) is 44.7 Å². The first-order valence-corrected chi connectivity index (χ1v) is 16.9. The highest BCUT2D eigenvalue weighted by Crippen LogP contribution is 2.38. The van der Waals surface area contributed by atoms with Crippen LogP contribution >= 0.6 is 0 Å². The molecular formula is C34H62N4O8. The van der Waals surface area contributed by atoms with E-state index in [2.05, 4.69) is 11.8 Å². The highest BCUT2D eigenvalue weighted by Gasteiger charge is 2.51. The number of Topliss-reactive ketones (excluding diaryl/α,β-unsaturated/α-hetero) is 1. The Morgan fingerprint density at radius 3 is 2.33 bits per heavy atom. The van der Waals surface area contributed by atoms with Crippen molar-refractivity contribution < 1.29 is 38.4 Å². The first-order valence-electron chi connectivity index (χ1n) is 16.9. The standard InChI is InChI=1S/C34H62N4O8/c1-21-16-34(6,43-12)30(46-31-28(40)25(36(9)10)15-22(2)45-31)23(3)29(41)33(4,5)32(42)44-20-26(37(11)17-21)24-13-14-38(18-24)27(39)19-35(7)8/h21-26,28,30-31,40H,13-20H2,1-12H3/t21-,22-,23+,24?,25+,26+,28-,30-,31+,34-/m1/s1. The van der Waals surface area contributed by atoms with Gasteiger partial charge in [-0.2, -0.15) is 0 Å². The van der Waals surface area contributed by atoms with E-state index in [4.69, 9.17) is 18.9 Å². The van der Waals surface area contributed by atoms with Gasteiger partial charge in [-0.1, -0.05) is 13.8 Å². The molecule has 0 radical (unpaired) electrons. The van der Waals surface area contributed by atoms with Gasteiger partial charge < -0.3 is 38.8 Å². The summed E-state index contributed by atoms with van der Waals surface area (Å²) in [6.07, 6.45) is -0.944. The summed E-state index contributed by atoms with van der Waals surface area (Å²) in [6.45, 7) is 13.4. The molecule has 12 heteroatoms. The predicted octanol–water partition coefficient (Wildman–Crippen LogP) is 1.73. The van der Waals surface area contributed by atoms with Gasteiger partial charge in [0.25, 0.3) is 0 Å². The Balaban J connectivity index is 1.95. The second-order valence-corrected chi connectivity index (χ2v) is 15.5. The molecule has 0 bridgehead atoms. The molecule has 3 fully saturated rings. The van der Waals surface area contributed by atoms with Crippen LogP contribution in [0.25, 0.3) is 0 Å². The van der Waals surface area contributed by atoms with Gasteiger partial charge in [0.15, 0.2) is 12.1 Å². The molecule has 1 amide bonds. The Bertz CT molecular complexity index is 1060. The number of cyclic esters (lactones) is 1. The second-order valence-electron chi connectivity index (χ2n) is 15.5. The summed E-state index contributed by atoms with van der Waals surface area (Å²) in [5, 5.41) is 11.3. The van der Waals surface area contributed by atoms with Gasteiger partial charge in [0.05, 0.1) is 24.4 Å². The Labute approximate surface area is 277 Å². The van der Waals surface area contributed by atoms with Gasteiger partial charge in [-0.15, -0.1) is 0 Å². The molecule has 1 unspecified atom stereocenters. The first kappa shape index (κ1) is 38.8. The number of esters is 1. The number of ketones is 1.